The number of rotatable bonds is 5. The lowest BCUT2D eigenvalue weighted by Gasteiger charge is -2.08. The maximum atomic E-state index is 11.3. The lowest BCUT2D eigenvalue weighted by Crippen LogP contribution is -2.00. The molecule has 19 heavy (non-hydrogen) atoms. The molecule has 0 saturated heterocycles. The van der Waals surface area contributed by atoms with Crippen LogP contribution in [0.4, 0.5) is 5.69 Å². The summed E-state index contributed by atoms with van der Waals surface area (Å²) in [5.41, 5.74) is 3.00. The van der Waals surface area contributed by atoms with Crippen LogP contribution >= 0.6 is 0 Å². The summed E-state index contributed by atoms with van der Waals surface area (Å²) in [5.74, 6) is 0. The molecule has 0 bridgehead atoms. The van der Waals surface area contributed by atoms with Crippen molar-refractivity contribution in [2.24, 2.45) is 0 Å². The molecule has 0 unspecified atom stereocenters. The molecule has 0 aliphatic rings. The quantitative estimate of drug-likeness (QED) is 0.881. The Hall–Kier alpha value is -1.65. The fourth-order valence-corrected chi connectivity index (χ4v) is 2.30. The second-order valence-corrected chi connectivity index (χ2v) is 5.69. The van der Waals surface area contributed by atoms with Gasteiger partial charge in [-0.25, -0.2) is 0 Å². The Kier molecular flexibility index (Phi) is 4.71. The second-order valence-electron chi connectivity index (χ2n) is 4.31. The molecule has 3 nitrogen and oxygen atoms in total. The van der Waals surface area contributed by atoms with Crippen LogP contribution in [0.5, 0.6) is 0 Å². The molecule has 1 atom stereocenters. The maximum absolute atomic E-state index is 11.3. The van der Waals surface area contributed by atoms with E-state index in [4.69, 9.17) is 5.11 Å². The van der Waals surface area contributed by atoms with Gasteiger partial charge in [0.15, 0.2) is 0 Å². The van der Waals surface area contributed by atoms with Crippen molar-refractivity contribution in [1.29, 1.82) is 0 Å². The van der Waals surface area contributed by atoms with Crippen LogP contribution in [0, 0.1) is 0 Å². The summed E-state index contributed by atoms with van der Waals surface area (Å²) in [6, 6.07) is 15.4. The van der Waals surface area contributed by atoms with E-state index in [0.717, 1.165) is 21.7 Å². The van der Waals surface area contributed by atoms with Crippen LogP contribution in [0.2, 0.25) is 0 Å². The maximum Gasteiger partial charge on any atom is 0.0682 e. The normalized spacial score (nSPS) is 12.1. The van der Waals surface area contributed by atoms with Crippen molar-refractivity contribution in [1.82, 2.24) is 0 Å². The van der Waals surface area contributed by atoms with Crippen molar-refractivity contribution in [2.75, 3.05) is 11.6 Å². The number of aliphatic hydroxyl groups is 1. The number of aliphatic hydroxyl groups excluding tert-OH is 1. The van der Waals surface area contributed by atoms with Gasteiger partial charge in [-0.2, -0.15) is 0 Å². The van der Waals surface area contributed by atoms with Crippen LogP contribution in [0.3, 0.4) is 0 Å². The predicted octanol–water partition coefficient (Wildman–Crippen LogP) is 2.53. The van der Waals surface area contributed by atoms with Crippen molar-refractivity contribution in [3.05, 3.63) is 59.7 Å². The fraction of sp³-hybridized carbons (Fsp3) is 0.200. The van der Waals surface area contributed by atoms with E-state index in [-0.39, 0.29) is 6.61 Å². The smallest absolute Gasteiger partial charge is 0.0682 e. The van der Waals surface area contributed by atoms with Gasteiger partial charge in [-0.1, -0.05) is 24.3 Å². The summed E-state index contributed by atoms with van der Waals surface area (Å²) in [7, 11) is -0.930. The number of anilines is 1. The van der Waals surface area contributed by atoms with E-state index in [0.29, 0.717) is 6.54 Å². The highest BCUT2D eigenvalue weighted by molar-refractivity contribution is 7.84. The molecule has 0 aliphatic heterocycles. The first-order chi connectivity index (χ1) is 9.19. The highest BCUT2D eigenvalue weighted by atomic mass is 32.2. The van der Waals surface area contributed by atoms with Crippen LogP contribution in [-0.4, -0.2) is 15.6 Å². The lowest BCUT2D eigenvalue weighted by molar-refractivity contribution is 0.282. The molecule has 0 radical (unpaired) electrons. The summed E-state index contributed by atoms with van der Waals surface area (Å²) in [6.07, 6.45) is 1.67. The standard InChI is InChI=1S/C15H17NO2S/c1-19(18)15-7-5-12(6-8-15)10-16-14-4-2-3-13(9-14)11-17/h2-9,16-17H,10-11H2,1H3/t19-/m1/s1. The largest absolute Gasteiger partial charge is 0.392 e. The Balaban J connectivity index is 1.99. The van der Waals surface area contributed by atoms with Gasteiger partial charge in [0.2, 0.25) is 0 Å². The third-order valence-corrected chi connectivity index (χ3v) is 3.80. The molecule has 0 fully saturated rings. The van der Waals surface area contributed by atoms with Gasteiger partial charge in [0.1, 0.15) is 0 Å². The Morgan fingerprint density at radius 3 is 2.47 bits per heavy atom. The van der Waals surface area contributed by atoms with E-state index in [9.17, 15) is 4.21 Å². The molecular weight excluding hydrogens is 258 g/mol. The van der Waals surface area contributed by atoms with Crippen molar-refractivity contribution in [3.8, 4) is 0 Å². The van der Waals surface area contributed by atoms with Crippen LogP contribution in [-0.2, 0) is 24.0 Å². The Morgan fingerprint density at radius 2 is 1.84 bits per heavy atom. The molecular formula is C15H17NO2S. The average Bonchev–Trinajstić information content (AvgIpc) is 2.46. The zero-order valence-electron chi connectivity index (χ0n) is 10.8. The summed E-state index contributed by atoms with van der Waals surface area (Å²) in [4.78, 5) is 0.839. The van der Waals surface area contributed by atoms with Gasteiger partial charge in [-0.05, 0) is 35.4 Å². The predicted molar refractivity (Wildman–Crippen MR) is 78.5 cm³/mol. The summed E-state index contributed by atoms with van der Waals surface area (Å²) < 4.78 is 11.3. The lowest BCUT2D eigenvalue weighted by atomic mass is 10.2. The average molecular weight is 275 g/mol. The van der Waals surface area contributed by atoms with Gasteiger partial charge in [0.05, 0.1) is 6.61 Å². The number of hydrogen-bond donors (Lipinski definition) is 2. The van der Waals surface area contributed by atoms with E-state index in [1.54, 1.807) is 6.26 Å². The van der Waals surface area contributed by atoms with E-state index >= 15 is 0 Å². The summed E-state index contributed by atoms with van der Waals surface area (Å²) in [5, 5.41) is 12.4. The number of benzene rings is 2. The first-order valence-corrected chi connectivity index (χ1v) is 7.61. The molecule has 2 rings (SSSR count). The van der Waals surface area contributed by atoms with Crippen molar-refractivity contribution in [3.63, 3.8) is 0 Å². The minimum absolute atomic E-state index is 0.0481. The summed E-state index contributed by atoms with van der Waals surface area (Å²) in [6.45, 7) is 0.748. The Labute approximate surface area is 115 Å². The monoisotopic (exact) mass is 275 g/mol. The minimum Gasteiger partial charge on any atom is -0.392 e. The highest BCUT2D eigenvalue weighted by Crippen LogP contribution is 2.13. The van der Waals surface area contributed by atoms with Crippen LogP contribution in [0.25, 0.3) is 0 Å². The SMILES string of the molecule is C[S@@](=O)c1ccc(CNc2cccc(CO)c2)cc1. The first-order valence-electron chi connectivity index (χ1n) is 6.05. The van der Waals surface area contributed by atoms with E-state index in [1.165, 1.54) is 0 Å². The minimum atomic E-state index is -0.930. The van der Waals surface area contributed by atoms with E-state index < -0.39 is 10.8 Å². The third-order valence-electron chi connectivity index (χ3n) is 2.86. The molecule has 0 aromatic heterocycles. The van der Waals surface area contributed by atoms with Crippen LogP contribution < -0.4 is 5.32 Å². The highest BCUT2D eigenvalue weighted by Gasteiger charge is 1.99. The molecule has 0 spiro atoms. The molecule has 4 heteroatoms. The molecule has 0 saturated carbocycles. The molecule has 0 aliphatic carbocycles. The van der Waals surface area contributed by atoms with Crippen LogP contribution in [0.1, 0.15) is 11.1 Å². The van der Waals surface area contributed by atoms with Crippen molar-refractivity contribution in [2.45, 2.75) is 18.0 Å². The summed E-state index contributed by atoms with van der Waals surface area (Å²) >= 11 is 0. The number of hydrogen-bond acceptors (Lipinski definition) is 3. The zero-order chi connectivity index (χ0) is 13.7. The topological polar surface area (TPSA) is 49.3 Å². The molecule has 100 valence electrons. The van der Waals surface area contributed by atoms with Gasteiger partial charge >= 0.3 is 0 Å². The van der Waals surface area contributed by atoms with Gasteiger partial charge in [-0.15, -0.1) is 0 Å². The van der Waals surface area contributed by atoms with Crippen molar-refractivity contribution >= 4 is 16.5 Å². The van der Waals surface area contributed by atoms with Gasteiger partial charge < -0.3 is 10.4 Å². The molecule has 0 heterocycles. The molecule has 2 aromatic carbocycles. The van der Waals surface area contributed by atoms with Gasteiger partial charge in [0.25, 0.3) is 0 Å². The van der Waals surface area contributed by atoms with Crippen LogP contribution in [0.15, 0.2) is 53.4 Å². The molecule has 0 amide bonds. The molecule has 2 aromatic rings. The van der Waals surface area contributed by atoms with E-state index in [2.05, 4.69) is 5.32 Å². The van der Waals surface area contributed by atoms with Gasteiger partial charge in [0, 0.05) is 34.2 Å². The Bertz CT molecular complexity index is 567. The molecule has 2 N–H and O–H groups in total. The van der Waals surface area contributed by atoms with E-state index in [1.807, 2.05) is 48.5 Å². The zero-order valence-corrected chi connectivity index (χ0v) is 11.6. The van der Waals surface area contributed by atoms with Crippen molar-refractivity contribution < 1.29 is 9.32 Å². The third kappa shape index (κ3) is 3.91. The Morgan fingerprint density at radius 1 is 1.11 bits per heavy atom. The van der Waals surface area contributed by atoms with Gasteiger partial charge in [-0.3, -0.25) is 4.21 Å². The number of nitrogens with one attached hydrogen (secondary N) is 1. The fourth-order valence-electron chi connectivity index (χ4n) is 1.78. The second kappa shape index (κ2) is 6.50. The first kappa shape index (κ1) is 13.8.